The lowest BCUT2D eigenvalue weighted by Gasteiger charge is -2.08. The minimum absolute atomic E-state index is 0.0371. The van der Waals surface area contributed by atoms with Crippen LogP contribution in [0.25, 0.3) is 4.91 Å². The zero-order chi connectivity index (χ0) is 16.6. The smallest absolute Gasteiger partial charge is 0.186 e. The number of carbonyl (C=O) groups is 1. The van der Waals surface area contributed by atoms with Crippen molar-refractivity contribution in [1.29, 1.82) is 0 Å². The summed E-state index contributed by atoms with van der Waals surface area (Å²) >= 11 is 1.69. The van der Waals surface area contributed by atoms with Gasteiger partial charge < -0.3 is 0 Å². The van der Waals surface area contributed by atoms with Crippen LogP contribution in [0.4, 0.5) is 0 Å². The Morgan fingerprint density at radius 3 is 1.79 bits per heavy atom. The first kappa shape index (κ1) is 16.3. The van der Waals surface area contributed by atoms with Gasteiger partial charge in [-0.15, -0.1) is 11.8 Å². The fourth-order valence-electron chi connectivity index (χ4n) is 2.35. The van der Waals surface area contributed by atoms with E-state index in [0.29, 0.717) is 5.56 Å². The number of hydrogen-bond acceptors (Lipinski definition) is 2. The van der Waals surface area contributed by atoms with Gasteiger partial charge in [-0.1, -0.05) is 91.0 Å². The van der Waals surface area contributed by atoms with Crippen molar-refractivity contribution in [2.75, 3.05) is 0 Å². The third-order valence-corrected chi connectivity index (χ3v) is 4.76. The first-order valence-corrected chi connectivity index (χ1v) is 8.85. The first-order chi connectivity index (χ1) is 11.8. The molecule has 3 aromatic carbocycles. The third-order valence-electron chi connectivity index (χ3n) is 3.62. The summed E-state index contributed by atoms with van der Waals surface area (Å²) in [6, 6.07) is 29.8. The molecular weight excluding hydrogens is 312 g/mol. The van der Waals surface area contributed by atoms with Crippen LogP contribution in [0, 0.1) is 0 Å². The largest absolute Gasteiger partial charge is 0.289 e. The predicted molar refractivity (Wildman–Crippen MR) is 103 cm³/mol. The maximum absolute atomic E-state index is 12.6. The van der Waals surface area contributed by atoms with Gasteiger partial charge in [0.15, 0.2) is 5.78 Å². The van der Waals surface area contributed by atoms with Crippen LogP contribution < -0.4 is 0 Å². The third kappa shape index (κ3) is 4.46. The summed E-state index contributed by atoms with van der Waals surface area (Å²) in [6.07, 6.45) is 1.75. The molecule has 0 saturated carbocycles. The number of carbonyl (C=O) groups excluding carboxylic acids is 1. The van der Waals surface area contributed by atoms with Crippen LogP contribution in [0.2, 0.25) is 0 Å². The molecule has 1 nitrogen and oxygen atoms in total. The molecule has 0 amide bonds. The molecule has 0 radical (unpaired) electrons. The zero-order valence-corrected chi connectivity index (χ0v) is 14.1. The predicted octanol–water partition coefficient (Wildman–Crippen LogP) is 5.84. The van der Waals surface area contributed by atoms with Gasteiger partial charge in [0, 0.05) is 22.3 Å². The molecule has 3 rings (SSSR count). The highest BCUT2D eigenvalue weighted by Gasteiger charge is 2.08. The Hall–Kier alpha value is -2.58. The maximum atomic E-state index is 12.6. The van der Waals surface area contributed by atoms with E-state index in [1.807, 2.05) is 78.9 Å². The molecule has 0 aromatic heterocycles. The molecule has 0 heterocycles. The van der Waals surface area contributed by atoms with Crippen molar-refractivity contribution in [2.45, 2.75) is 5.75 Å². The molecule has 0 spiro atoms. The number of thioether (sulfide) groups is 1. The molecule has 0 bridgehead atoms. The van der Waals surface area contributed by atoms with Crippen molar-refractivity contribution in [3.05, 3.63) is 114 Å². The van der Waals surface area contributed by atoms with Crippen LogP contribution in [-0.2, 0) is 5.75 Å². The Balaban J connectivity index is 1.85. The summed E-state index contributed by atoms with van der Waals surface area (Å²) in [4.78, 5) is 13.5. The zero-order valence-electron chi connectivity index (χ0n) is 13.3. The Labute approximate surface area is 147 Å². The number of hydrogen-bond donors (Lipinski definition) is 0. The van der Waals surface area contributed by atoms with Gasteiger partial charge in [-0.2, -0.15) is 0 Å². The van der Waals surface area contributed by atoms with E-state index in [2.05, 4.69) is 12.1 Å². The van der Waals surface area contributed by atoms with Gasteiger partial charge in [0.25, 0.3) is 0 Å². The van der Waals surface area contributed by atoms with Crippen molar-refractivity contribution in [1.82, 2.24) is 0 Å². The second-order valence-corrected chi connectivity index (χ2v) is 6.40. The molecular formula is C22H18OS. The summed E-state index contributed by atoms with van der Waals surface area (Å²) in [5.74, 6) is 0.874. The molecule has 0 unspecified atom stereocenters. The van der Waals surface area contributed by atoms with Crippen molar-refractivity contribution >= 4 is 22.5 Å². The highest BCUT2D eigenvalue weighted by atomic mass is 32.2. The lowest BCUT2D eigenvalue weighted by molar-refractivity contribution is 0.104. The molecule has 0 fully saturated rings. The second kappa shape index (κ2) is 8.32. The molecule has 0 N–H and O–H groups in total. The van der Waals surface area contributed by atoms with E-state index in [1.54, 1.807) is 17.8 Å². The highest BCUT2D eigenvalue weighted by molar-refractivity contribution is 8.07. The van der Waals surface area contributed by atoms with Crippen molar-refractivity contribution in [3.63, 3.8) is 0 Å². The summed E-state index contributed by atoms with van der Waals surface area (Å²) in [7, 11) is 0. The summed E-state index contributed by atoms with van der Waals surface area (Å²) < 4.78 is 0. The summed E-state index contributed by atoms with van der Waals surface area (Å²) in [6.45, 7) is 0. The number of benzene rings is 3. The molecule has 0 atom stereocenters. The molecule has 2 heteroatoms. The molecule has 0 aliphatic rings. The van der Waals surface area contributed by atoms with Gasteiger partial charge in [0.1, 0.15) is 0 Å². The monoisotopic (exact) mass is 330 g/mol. The average molecular weight is 330 g/mol. The van der Waals surface area contributed by atoms with E-state index in [4.69, 9.17) is 0 Å². The SMILES string of the molecule is O=C(/C=C(/SCc1ccccc1)c1ccccc1)c1ccccc1. The summed E-state index contributed by atoms with van der Waals surface area (Å²) in [5.41, 5.74) is 3.03. The molecule has 118 valence electrons. The Morgan fingerprint density at radius 2 is 1.21 bits per heavy atom. The Morgan fingerprint density at radius 1 is 0.708 bits per heavy atom. The van der Waals surface area contributed by atoms with Crippen LogP contribution in [0.3, 0.4) is 0 Å². The average Bonchev–Trinajstić information content (AvgIpc) is 2.67. The van der Waals surface area contributed by atoms with Crippen LogP contribution in [-0.4, -0.2) is 5.78 Å². The standard InChI is InChI=1S/C22H18OS/c23-21(19-12-6-2-7-13-19)16-22(20-14-8-3-9-15-20)24-17-18-10-4-1-5-11-18/h1-16H,17H2/b22-16+. The number of rotatable bonds is 6. The Bertz CT molecular complexity index is 808. The Kier molecular flexibility index (Phi) is 5.65. The van der Waals surface area contributed by atoms with Crippen molar-refractivity contribution < 1.29 is 4.79 Å². The van der Waals surface area contributed by atoms with E-state index in [9.17, 15) is 4.79 Å². The highest BCUT2D eigenvalue weighted by Crippen LogP contribution is 2.30. The van der Waals surface area contributed by atoms with Gasteiger partial charge in [-0.05, 0) is 11.1 Å². The minimum Gasteiger partial charge on any atom is -0.289 e. The van der Waals surface area contributed by atoms with E-state index in [-0.39, 0.29) is 5.78 Å². The molecule has 24 heavy (non-hydrogen) atoms. The van der Waals surface area contributed by atoms with Gasteiger partial charge in [0.2, 0.25) is 0 Å². The normalized spacial score (nSPS) is 11.2. The second-order valence-electron chi connectivity index (χ2n) is 5.38. The number of ketones is 1. The molecule has 0 aliphatic heterocycles. The topological polar surface area (TPSA) is 17.1 Å². The fourth-order valence-corrected chi connectivity index (χ4v) is 3.36. The van der Waals surface area contributed by atoms with Crippen LogP contribution >= 0.6 is 11.8 Å². The van der Waals surface area contributed by atoms with Crippen LogP contribution in [0.1, 0.15) is 21.5 Å². The van der Waals surface area contributed by atoms with E-state index >= 15 is 0 Å². The van der Waals surface area contributed by atoms with Crippen molar-refractivity contribution in [2.24, 2.45) is 0 Å². The van der Waals surface area contributed by atoms with Gasteiger partial charge >= 0.3 is 0 Å². The van der Waals surface area contributed by atoms with Gasteiger partial charge in [-0.3, -0.25) is 4.79 Å². The summed E-state index contributed by atoms with van der Waals surface area (Å²) in [5, 5.41) is 0. The quantitative estimate of drug-likeness (QED) is 0.417. The van der Waals surface area contributed by atoms with E-state index in [0.717, 1.165) is 16.2 Å². The van der Waals surface area contributed by atoms with Crippen LogP contribution in [0.5, 0.6) is 0 Å². The maximum Gasteiger partial charge on any atom is 0.186 e. The molecule has 3 aromatic rings. The minimum atomic E-state index is 0.0371. The van der Waals surface area contributed by atoms with Gasteiger partial charge in [0.05, 0.1) is 0 Å². The van der Waals surface area contributed by atoms with Crippen LogP contribution in [0.15, 0.2) is 97.1 Å². The number of allylic oxidation sites excluding steroid dienone is 1. The molecule has 0 aliphatic carbocycles. The lowest BCUT2D eigenvalue weighted by atomic mass is 10.1. The van der Waals surface area contributed by atoms with E-state index < -0.39 is 0 Å². The first-order valence-electron chi connectivity index (χ1n) is 7.86. The molecule has 0 saturated heterocycles. The van der Waals surface area contributed by atoms with E-state index in [1.165, 1.54) is 5.56 Å². The van der Waals surface area contributed by atoms with Crippen molar-refractivity contribution in [3.8, 4) is 0 Å². The van der Waals surface area contributed by atoms with Gasteiger partial charge in [-0.25, -0.2) is 0 Å². The fraction of sp³-hybridized carbons (Fsp3) is 0.0455. The lowest BCUT2D eigenvalue weighted by Crippen LogP contribution is -1.95.